The van der Waals surface area contributed by atoms with Gasteiger partial charge in [0.2, 0.25) is 0 Å². The largest absolute Gasteiger partial charge is 0.370 e. The molecule has 0 amide bonds. The number of halogens is 1. The van der Waals surface area contributed by atoms with Crippen LogP contribution in [0.2, 0.25) is 0 Å². The molecule has 106 valence electrons. The van der Waals surface area contributed by atoms with Crippen molar-refractivity contribution < 1.29 is 9.31 Å². The maximum Gasteiger partial charge on any atom is 0.292 e. The van der Waals surface area contributed by atoms with E-state index in [9.17, 15) is 14.5 Å². The van der Waals surface area contributed by atoms with Gasteiger partial charge >= 0.3 is 0 Å². The number of nitro groups is 1. The van der Waals surface area contributed by atoms with Gasteiger partial charge < -0.3 is 5.32 Å². The highest BCUT2D eigenvalue weighted by Gasteiger charge is 2.18. The molecule has 5 nitrogen and oxygen atoms in total. The Hall–Kier alpha value is -2.02. The number of thiazole rings is 1. The molecule has 0 fully saturated rings. The number of rotatable bonds is 5. The van der Waals surface area contributed by atoms with Gasteiger partial charge in [0.05, 0.1) is 11.0 Å². The van der Waals surface area contributed by atoms with Crippen molar-refractivity contribution >= 4 is 22.7 Å². The third-order valence-electron chi connectivity index (χ3n) is 2.82. The Kier molecular flexibility index (Phi) is 4.29. The molecule has 0 bridgehead atoms. The number of anilines is 1. The molecular weight excluding hydrogens is 281 g/mol. The third kappa shape index (κ3) is 3.11. The first-order chi connectivity index (χ1) is 9.51. The minimum absolute atomic E-state index is 0.148. The van der Waals surface area contributed by atoms with E-state index in [4.69, 9.17) is 0 Å². The van der Waals surface area contributed by atoms with E-state index in [0.29, 0.717) is 0 Å². The highest BCUT2D eigenvalue weighted by atomic mass is 32.1. The molecule has 0 aliphatic carbocycles. The van der Waals surface area contributed by atoms with Gasteiger partial charge in [-0.2, -0.15) is 0 Å². The van der Waals surface area contributed by atoms with Crippen LogP contribution in [-0.4, -0.2) is 9.91 Å². The highest BCUT2D eigenvalue weighted by molar-refractivity contribution is 7.11. The van der Waals surface area contributed by atoms with Crippen LogP contribution in [0.3, 0.4) is 0 Å². The minimum Gasteiger partial charge on any atom is -0.370 e. The van der Waals surface area contributed by atoms with E-state index in [1.165, 1.54) is 0 Å². The fourth-order valence-corrected chi connectivity index (χ4v) is 2.62. The van der Waals surface area contributed by atoms with Crippen LogP contribution >= 0.6 is 11.3 Å². The summed E-state index contributed by atoms with van der Waals surface area (Å²) in [6, 6.07) is 3.14. The Morgan fingerprint density at radius 1 is 1.55 bits per heavy atom. The van der Waals surface area contributed by atoms with Crippen molar-refractivity contribution in [3.05, 3.63) is 50.2 Å². The number of nitrogens with zero attached hydrogens (tertiary/aromatic N) is 2. The fourth-order valence-electron chi connectivity index (χ4n) is 1.76. The molecule has 2 aromatic rings. The number of nitro benzene ring substituents is 1. The van der Waals surface area contributed by atoms with Crippen molar-refractivity contribution in [2.24, 2.45) is 0 Å². The normalized spacial score (nSPS) is 12.2. The van der Waals surface area contributed by atoms with Gasteiger partial charge in [0.1, 0.15) is 16.5 Å². The molecule has 0 radical (unpaired) electrons. The molecule has 0 aliphatic heterocycles. The van der Waals surface area contributed by atoms with Gasteiger partial charge in [-0.15, -0.1) is 11.3 Å². The summed E-state index contributed by atoms with van der Waals surface area (Å²) < 4.78 is 13.2. The first-order valence-electron chi connectivity index (χ1n) is 6.16. The Morgan fingerprint density at radius 2 is 2.30 bits per heavy atom. The van der Waals surface area contributed by atoms with E-state index < -0.39 is 10.7 Å². The minimum atomic E-state index is -0.534. The third-order valence-corrected chi connectivity index (χ3v) is 4.14. The standard InChI is InChI=1S/C13H14FN3O2S/c1-3-10-7-15-13(20-10)8(2)16-11-6-9(14)4-5-12(11)17(18)19/h4-8,16H,3H2,1-2H3. The molecule has 2 rings (SSSR count). The Morgan fingerprint density at radius 3 is 2.90 bits per heavy atom. The van der Waals surface area contributed by atoms with Crippen LogP contribution in [0.5, 0.6) is 0 Å². The fraction of sp³-hybridized carbons (Fsp3) is 0.308. The first-order valence-corrected chi connectivity index (χ1v) is 6.98. The lowest BCUT2D eigenvalue weighted by Gasteiger charge is -2.12. The second kappa shape index (κ2) is 5.96. The van der Waals surface area contributed by atoms with Crippen LogP contribution in [0.4, 0.5) is 15.8 Å². The molecule has 1 aromatic heterocycles. The number of hydrogen-bond acceptors (Lipinski definition) is 5. The van der Waals surface area contributed by atoms with Crippen LogP contribution in [0.25, 0.3) is 0 Å². The first kappa shape index (κ1) is 14.4. The Balaban J connectivity index is 2.24. The van der Waals surface area contributed by atoms with E-state index in [0.717, 1.165) is 34.5 Å². The molecule has 1 atom stereocenters. The quantitative estimate of drug-likeness (QED) is 0.670. The maximum absolute atomic E-state index is 13.2. The van der Waals surface area contributed by atoms with Gasteiger partial charge in [-0.25, -0.2) is 9.37 Å². The molecule has 0 saturated carbocycles. The second-order valence-electron chi connectivity index (χ2n) is 4.30. The van der Waals surface area contributed by atoms with Gasteiger partial charge in [0.15, 0.2) is 0 Å². The molecule has 1 N–H and O–H groups in total. The van der Waals surface area contributed by atoms with Gasteiger partial charge in [-0.05, 0) is 19.4 Å². The lowest BCUT2D eigenvalue weighted by atomic mass is 10.2. The predicted octanol–water partition coefficient (Wildman–Crippen LogP) is 3.93. The van der Waals surface area contributed by atoms with E-state index in [1.807, 2.05) is 13.8 Å². The lowest BCUT2D eigenvalue weighted by molar-refractivity contribution is -0.384. The molecule has 0 spiro atoms. The van der Waals surface area contributed by atoms with E-state index >= 15 is 0 Å². The number of nitrogens with one attached hydrogen (secondary N) is 1. The number of hydrogen-bond donors (Lipinski definition) is 1. The van der Waals surface area contributed by atoms with Crippen LogP contribution in [-0.2, 0) is 6.42 Å². The Labute approximate surface area is 119 Å². The predicted molar refractivity (Wildman–Crippen MR) is 76.6 cm³/mol. The zero-order valence-electron chi connectivity index (χ0n) is 11.1. The average molecular weight is 295 g/mol. The summed E-state index contributed by atoms with van der Waals surface area (Å²) in [5.74, 6) is -0.515. The molecule has 0 saturated heterocycles. The van der Waals surface area contributed by atoms with Crippen molar-refractivity contribution in [1.29, 1.82) is 0 Å². The van der Waals surface area contributed by atoms with Crippen LogP contribution in [0, 0.1) is 15.9 Å². The SMILES string of the molecule is CCc1cnc(C(C)Nc2cc(F)ccc2[N+](=O)[O-])s1. The van der Waals surface area contributed by atoms with Gasteiger partial charge in [0, 0.05) is 23.2 Å². The summed E-state index contributed by atoms with van der Waals surface area (Å²) in [6.07, 6.45) is 2.68. The highest BCUT2D eigenvalue weighted by Crippen LogP contribution is 2.30. The number of aryl methyl sites for hydroxylation is 1. The van der Waals surface area contributed by atoms with Crippen LogP contribution < -0.4 is 5.32 Å². The van der Waals surface area contributed by atoms with E-state index in [2.05, 4.69) is 10.3 Å². The smallest absolute Gasteiger partial charge is 0.292 e. The Bertz CT molecular complexity index is 630. The molecule has 1 heterocycles. The van der Waals surface area contributed by atoms with Gasteiger partial charge in [-0.1, -0.05) is 6.92 Å². The van der Waals surface area contributed by atoms with E-state index in [1.54, 1.807) is 17.5 Å². The summed E-state index contributed by atoms with van der Waals surface area (Å²) >= 11 is 1.54. The maximum atomic E-state index is 13.2. The van der Waals surface area contributed by atoms with Crippen LogP contribution in [0.15, 0.2) is 24.4 Å². The molecule has 1 aromatic carbocycles. The summed E-state index contributed by atoms with van der Waals surface area (Å²) in [7, 11) is 0. The number of aromatic nitrogens is 1. The van der Waals surface area contributed by atoms with Crippen molar-refractivity contribution in [1.82, 2.24) is 4.98 Å². The zero-order valence-corrected chi connectivity index (χ0v) is 11.9. The topological polar surface area (TPSA) is 68.1 Å². The van der Waals surface area contributed by atoms with Crippen LogP contribution in [0.1, 0.15) is 29.8 Å². The summed E-state index contributed by atoms with van der Waals surface area (Å²) in [4.78, 5) is 15.8. The number of benzene rings is 1. The lowest BCUT2D eigenvalue weighted by Crippen LogP contribution is -2.08. The molecule has 7 heteroatoms. The van der Waals surface area contributed by atoms with Crippen molar-refractivity contribution in [3.63, 3.8) is 0 Å². The molecular formula is C13H14FN3O2S. The van der Waals surface area contributed by atoms with Gasteiger partial charge in [0.25, 0.3) is 5.69 Å². The second-order valence-corrected chi connectivity index (χ2v) is 5.45. The monoisotopic (exact) mass is 295 g/mol. The van der Waals surface area contributed by atoms with Gasteiger partial charge in [-0.3, -0.25) is 10.1 Å². The zero-order chi connectivity index (χ0) is 14.7. The molecule has 0 aliphatic rings. The summed E-state index contributed by atoms with van der Waals surface area (Å²) in [6.45, 7) is 3.87. The average Bonchev–Trinajstić information content (AvgIpc) is 2.87. The van der Waals surface area contributed by atoms with Crippen molar-refractivity contribution in [2.45, 2.75) is 26.3 Å². The summed E-state index contributed by atoms with van der Waals surface area (Å²) in [5, 5.41) is 14.7. The molecule has 1 unspecified atom stereocenters. The van der Waals surface area contributed by atoms with Crippen molar-refractivity contribution in [2.75, 3.05) is 5.32 Å². The summed E-state index contributed by atoms with van der Waals surface area (Å²) in [5.41, 5.74) is 0.0151. The van der Waals surface area contributed by atoms with Crippen molar-refractivity contribution in [3.8, 4) is 0 Å². The molecule has 20 heavy (non-hydrogen) atoms. The van der Waals surface area contributed by atoms with E-state index in [-0.39, 0.29) is 17.4 Å².